The minimum absolute atomic E-state index is 0.228. The van der Waals surface area contributed by atoms with Gasteiger partial charge in [0.1, 0.15) is 5.82 Å². The summed E-state index contributed by atoms with van der Waals surface area (Å²) >= 11 is 5.90. The molecule has 1 N–H and O–H groups in total. The molecule has 1 fully saturated rings. The van der Waals surface area contributed by atoms with E-state index in [2.05, 4.69) is 12.2 Å². The van der Waals surface area contributed by atoms with E-state index in [9.17, 15) is 4.39 Å². The summed E-state index contributed by atoms with van der Waals surface area (Å²) in [4.78, 5) is 0. The molecule has 0 heterocycles. The topological polar surface area (TPSA) is 12.0 Å². The zero-order valence-corrected chi connectivity index (χ0v) is 11.6. The summed E-state index contributed by atoms with van der Waals surface area (Å²) in [6, 6.07) is 5.37. The Hall–Kier alpha value is -0.600. The van der Waals surface area contributed by atoms with E-state index in [0.29, 0.717) is 5.92 Å². The summed E-state index contributed by atoms with van der Waals surface area (Å²) < 4.78 is 14.2. The maximum Gasteiger partial charge on any atom is 0.145 e. The van der Waals surface area contributed by atoms with E-state index in [4.69, 9.17) is 11.6 Å². The first kappa shape index (κ1) is 13.8. The average molecular weight is 270 g/mol. The van der Waals surface area contributed by atoms with Crippen LogP contribution < -0.4 is 5.32 Å². The maximum absolute atomic E-state index is 14.2. The molecule has 1 atom stereocenters. The second kappa shape index (κ2) is 6.53. The molecule has 0 aliphatic heterocycles. The molecular formula is C15H21ClFN. The third-order valence-corrected chi connectivity index (χ3v) is 4.26. The van der Waals surface area contributed by atoms with Crippen molar-refractivity contribution in [1.82, 2.24) is 5.32 Å². The molecule has 1 aromatic carbocycles. The van der Waals surface area contributed by atoms with Gasteiger partial charge in [0.2, 0.25) is 0 Å². The van der Waals surface area contributed by atoms with Gasteiger partial charge in [0.05, 0.1) is 5.02 Å². The minimum Gasteiger partial charge on any atom is -0.316 e. The SMILES string of the molecule is CCNCC(c1cccc(Cl)c1F)C1CCCC1. The van der Waals surface area contributed by atoms with Crippen molar-refractivity contribution in [3.05, 3.63) is 34.6 Å². The van der Waals surface area contributed by atoms with Crippen molar-refractivity contribution in [2.45, 2.75) is 38.5 Å². The molecule has 0 aromatic heterocycles. The van der Waals surface area contributed by atoms with Gasteiger partial charge in [-0.2, -0.15) is 0 Å². The van der Waals surface area contributed by atoms with Crippen molar-refractivity contribution in [3.8, 4) is 0 Å². The molecule has 1 aliphatic carbocycles. The molecule has 18 heavy (non-hydrogen) atoms. The van der Waals surface area contributed by atoms with Crippen LogP contribution in [0.15, 0.2) is 18.2 Å². The molecule has 0 amide bonds. The predicted octanol–water partition coefficient (Wildman–Crippen LogP) is 4.36. The van der Waals surface area contributed by atoms with E-state index in [1.807, 2.05) is 12.1 Å². The lowest BCUT2D eigenvalue weighted by molar-refractivity contribution is 0.401. The standard InChI is InChI=1S/C15H21ClFN/c1-2-18-10-13(11-6-3-4-7-11)12-8-5-9-14(16)15(12)17/h5,8-9,11,13,18H,2-4,6-7,10H2,1H3. The van der Waals surface area contributed by atoms with Crippen LogP contribution in [-0.2, 0) is 0 Å². The van der Waals surface area contributed by atoms with Gasteiger partial charge in [-0.3, -0.25) is 0 Å². The summed E-state index contributed by atoms with van der Waals surface area (Å²) in [5, 5.41) is 3.60. The first-order valence-electron chi connectivity index (χ1n) is 6.88. The van der Waals surface area contributed by atoms with E-state index in [0.717, 1.165) is 18.7 Å². The molecule has 3 heteroatoms. The second-order valence-corrected chi connectivity index (χ2v) is 5.51. The highest BCUT2D eigenvalue weighted by atomic mass is 35.5. The lowest BCUT2D eigenvalue weighted by Crippen LogP contribution is -2.26. The number of rotatable bonds is 5. The van der Waals surface area contributed by atoms with Gasteiger partial charge in [0.15, 0.2) is 0 Å². The highest BCUT2D eigenvalue weighted by molar-refractivity contribution is 6.30. The molecule has 1 unspecified atom stereocenters. The predicted molar refractivity (Wildman–Crippen MR) is 74.7 cm³/mol. The van der Waals surface area contributed by atoms with Gasteiger partial charge in [-0.1, -0.05) is 43.5 Å². The maximum atomic E-state index is 14.2. The van der Waals surface area contributed by atoms with Crippen molar-refractivity contribution >= 4 is 11.6 Å². The van der Waals surface area contributed by atoms with Crippen molar-refractivity contribution < 1.29 is 4.39 Å². The van der Waals surface area contributed by atoms with E-state index in [1.165, 1.54) is 25.7 Å². The highest BCUT2D eigenvalue weighted by Crippen LogP contribution is 2.38. The van der Waals surface area contributed by atoms with E-state index >= 15 is 0 Å². The Bertz CT molecular complexity index is 388. The van der Waals surface area contributed by atoms with Gasteiger partial charge < -0.3 is 5.32 Å². The summed E-state index contributed by atoms with van der Waals surface area (Å²) in [5.41, 5.74) is 0.787. The quantitative estimate of drug-likeness (QED) is 0.837. The van der Waals surface area contributed by atoms with Gasteiger partial charge in [0.25, 0.3) is 0 Å². The molecule has 0 spiro atoms. The van der Waals surface area contributed by atoms with Crippen LogP contribution in [-0.4, -0.2) is 13.1 Å². The highest BCUT2D eigenvalue weighted by Gasteiger charge is 2.28. The molecule has 1 nitrogen and oxygen atoms in total. The monoisotopic (exact) mass is 269 g/mol. The second-order valence-electron chi connectivity index (χ2n) is 5.10. The Balaban J connectivity index is 2.23. The van der Waals surface area contributed by atoms with Crippen LogP contribution in [0.4, 0.5) is 4.39 Å². The summed E-state index contributed by atoms with van der Waals surface area (Å²) in [5.74, 6) is 0.622. The van der Waals surface area contributed by atoms with Crippen molar-refractivity contribution in [2.24, 2.45) is 5.92 Å². The van der Waals surface area contributed by atoms with E-state index in [-0.39, 0.29) is 16.8 Å². The summed E-state index contributed by atoms with van der Waals surface area (Å²) in [6.07, 6.45) is 4.97. The van der Waals surface area contributed by atoms with Crippen LogP contribution in [0.2, 0.25) is 5.02 Å². The number of nitrogens with one attached hydrogen (secondary N) is 1. The van der Waals surface area contributed by atoms with Gasteiger partial charge >= 0.3 is 0 Å². The Morgan fingerprint density at radius 2 is 2.11 bits per heavy atom. The zero-order chi connectivity index (χ0) is 13.0. The van der Waals surface area contributed by atoms with Crippen LogP contribution in [0.25, 0.3) is 0 Å². The molecule has 1 aromatic rings. The van der Waals surface area contributed by atoms with Crippen LogP contribution >= 0.6 is 11.6 Å². The van der Waals surface area contributed by atoms with Gasteiger partial charge in [-0.05, 0) is 36.9 Å². The third-order valence-electron chi connectivity index (χ3n) is 3.96. The van der Waals surface area contributed by atoms with Crippen molar-refractivity contribution in [3.63, 3.8) is 0 Å². The van der Waals surface area contributed by atoms with E-state index in [1.54, 1.807) is 6.07 Å². The van der Waals surface area contributed by atoms with Crippen LogP contribution in [0.5, 0.6) is 0 Å². The minimum atomic E-state index is -0.228. The molecule has 1 aliphatic rings. The molecule has 0 saturated heterocycles. The summed E-state index contributed by atoms with van der Waals surface area (Å²) in [6.45, 7) is 3.85. The fourth-order valence-corrected chi connectivity index (χ4v) is 3.18. The van der Waals surface area contributed by atoms with Gasteiger partial charge in [-0.25, -0.2) is 4.39 Å². The molecule has 1 saturated carbocycles. The Morgan fingerprint density at radius 3 is 2.78 bits per heavy atom. The van der Waals surface area contributed by atoms with Crippen molar-refractivity contribution in [2.75, 3.05) is 13.1 Å². The van der Waals surface area contributed by atoms with Crippen molar-refractivity contribution in [1.29, 1.82) is 0 Å². The molecular weight excluding hydrogens is 249 g/mol. The van der Waals surface area contributed by atoms with Crippen LogP contribution in [0.1, 0.15) is 44.1 Å². The van der Waals surface area contributed by atoms with Gasteiger partial charge in [0, 0.05) is 12.5 Å². The Morgan fingerprint density at radius 1 is 1.39 bits per heavy atom. The Kier molecular flexibility index (Phi) is 5.02. The normalized spacial score (nSPS) is 18.2. The first-order valence-corrected chi connectivity index (χ1v) is 7.26. The number of hydrogen-bond donors (Lipinski definition) is 1. The smallest absolute Gasteiger partial charge is 0.145 e. The van der Waals surface area contributed by atoms with Crippen LogP contribution in [0.3, 0.4) is 0 Å². The lowest BCUT2D eigenvalue weighted by atomic mass is 9.84. The van der Waals surface area contributed by atoms with E-state index < -0.39 is 0 Å². The number of hydrogen-bond acceptors (Lipinski definition) is 1. The molecule has 0 bridgehead atoms. The van der Waals surface area contributed by atoms with Crippen LogP contribution in [0, 0.1) is 11.7 Å². The third kappa shape index (κ3) is 3.04. The fourth-order valence-electron chi connectivity index (χ4n) is 3.00. The number of benzene rings is 1. The lowest BCUT2D eigenvalue weighted by Gasteiger charge is -2.25. The molecule has 100 valence electrons. The average Bonchev–Trinajstić information content (AvgIpc) is 2.88. The molecule has 2 rings (SSSR count). The largest absolute Gasteiger partial charge is 0.316 e. The zero-order valence-electron chi connectivity index (χ0n) is 10.9. The summed E-state index contributed by atoms with van der Waals surface area (Å²) in [7, 11) is 0. The fraction of sp³-hybridized carbons (Fsp3) is 0.600. The Labute approximate surface area is 114 Å². The first-order chi connectivity index (χ1) is 8.74. The molecule has 0 radical (unpaired) electrons. The number of halogens is 2. The number of likely N-dealkylation sites (N-methyl/N-ethyl adjacent to an activating group) is 1. The van der Waals surface area contributed by atoms with Gasteiger partial charge in [-0.15, -0.1) is 0 Å².